The Morgan fingerprint density at radius 1 is 1.29 bits per heavy atom. The first-order chi connectivity index (χ1) is 10.1. The lowest BCUT2D eigenvalue weighted by Crippen LogP contribution is -2.34. The van der Waals surface area contributed by atoms with Crippen LogP contribution in [0.3, 0.4) is 0 Å². The zero-order valence-corrected chi connectivity index (χ0v) is 12.7. The number of benzene rings is 1. The quantitative estimate of drug-likeness (QED) is 0.872. The number of amides is 1. The molecule has 2 aliphatic rings. The molecule has 0 aliphatic heterocycles. The van der Waals surface area contributed by atoms with Gasteiger partial charge >= 0.3 is 0 Å². The summed E-state index contributed by atoms with van der Waals surface area (Å²) in [6, 6.07) is 4.36. The molecule has 4 heteroatoms. The molecule has 1 aromatic rings. The molecule has 21 heavy (non-hydrogen) atoms. The van der Waals surface area contributed by atoms with Crippen molar-refractivity contribution in [2.45, 2.75) is 44.6 Å². The number of nitrogens with one attached hydrogen (secondary N) is 1. The van der Waals surface area contributed by atoms with Gasteiger partial charge in [0.15, 0.2) is 0 Å². The molecule has 0 radical (unpaired) electrons. The van der Waals surface area contributed by atoms with E-state index in [1.807, 2.05) is 6.07 Å². The molecule has 4 nitrogen and oxygen atoms in total. The third-order valence-electron chi connectivity index (χ3n) is 4.63. The minimum Gasteiger partial charge on any atom is -0.507 e. The SMILES string of the molecule is CN(CCNC(=O)c1cc2c(cc1O)CCCC2)C1CC1. The lowest BCUT2D eigenvalue weighted by atomic mass is 9.90. The fourth-order valence-electron chi connectivity index (χ4n) is 3.09. The number of phenolic OH excluding ortho intramolecular Hbond substituents is 1. The van der Waals surface area contributed by atoms with E-state index in [1.54, 1.807) is 6.07 Å². The van der Waals surface area contributed by atoms with Crippen molar-refractivity contribution in [3.05, 3.63) is 28.8 Å². The molecule has 2 N–H and O–H groups in total. The number of aryl methyl sites for hydroxylation is 2. The van der Waals surface area contributed by atoms with Crippen molar-refractivity contribution in [1.82, 2.24) is 10.2 Å². The van der Waals surface area contributed by atoms with E-state index in [-0.39, 0.29) is 11.7 Å². The lowest BCUT2D eigenvalue weighted by Gasteiger charge is -2.18. The topological polar surface area (TPSA) is 52.6 Å². The second-order valence-electron chi connectivity index (χ2n) is 6.31. The van der Waals surface area contributed by atoms with Gasteiger partial charge in [-0.25, -0.2) is 0 Å². The number of phenols is 1. The van der Waals surface area contributed by atoms with Crippen molar-refractivity contribution in [3.63, 3.8) is 0 Å². The zero-order chi connectivity index (χ0) is 14.8. The number of hydrogen-bond donors (Lipinski definition) is 2. The molecule has 0 spiro atoms. The van der Waals surface area contributed by atoms with Crippen molar-refractivity contribution in [2.24, 2.45) is 0 Å². The summed E-state index contributed by atoms with van der Waals surface area (Å²) in [7, 11) is 2.10. The zero-order valence-electron chi connectivity index (χ0n) is 12.7. The van der Waals surface area contributed by atoms with Gasteiger partial charge in [-0.3, -0.25) is 4.79 Å². The van der Waals surface area contributed by atoms with Gasteiger partial charge in [0.05, 0.1) is 5.56 Å². The molecule has 1 amide bonds. The molecular formula is C17H24N2O2. The Bertz CT molecular complexity index is 538. The fraction of sp³-hybridized carbons (Fsp3) is 0.588. The minimum atomic E-state index is -0.162. The Morgan fingerprint density at radius 2 is 1.95 bits per heavy atom. The molecular weight excluding hydrogens is 264 g/mol. The monoisotopic (exact) mass is 288 g/mol. The number of hydrogen-bond acceptors (Lipinski definition) is 3. The van der Waals surface area contributed by atoms with Crippen LogP contribution in [0.25, 0.3) is 0 Å². The smallest absolute Gasteiger partial charge is 0.255 e. The molecule has 0 aromatic heterocycles. The summed E-state index contributed by atoms with van der Waals surface area (Å²) in [6.45, 7) is 1.49. The number of likely N-dealkylation sites (N-methyl/N-ethyl adjacent to an activating group) is 1. The van der Waals surface area contributed by atoms with E-state index < -0.39 is 0 Å². The van der Waals surface area contributed by atoms with Crippen LogP contribution < -0.4 is 5.32 Å². The molecule has 0 bridgehead atoms. The Hall–Kier alpha value is -1.55. The van der Waals surface area contributed by atoms with Crippen molar-refractivity contribution >= 4 is 5.91 Å². The van der Waals surface area contributed by atoms with Gasteiger partial charge in [-0.15, -0.1) is 0 Å². The molecule has 0 saturated heterocycles. The van der Waals surface area contributed by atoms with Crippen LogP contribution in [0.1, 0.15) is 47.2 Å². The molecule has 0 heterocycles. The number of aromatic hydroxyl groups is 1. The van der Waals surface area contributed by atoms with Crippen LogP contribution in [0, 0.1) is 0 Å². The van der Waals surface area contributed by atoms with Crippen LogP contribution in [0.15, 0.2) is 12.1 Å². The third kappa shape index (κ3) is 3.38. The van der Waals surface area contributed by atoms with E-state index >= 15 is 0 Å². The molecule has 1 saturated carbocycles. The van der Waals surface area contributed by atoms with E-state index in [1.165, 1.54) is 36.8 Å². The highest BCUT2D eigenvalue weighted by atomic mass is 16.3. The standard InChI is InChI=1S/C17H24N2O2/c1-19(14-6-7-14)9-8-18-17(21)15-10-12-4-2-3-5-13(12)11-16(15)20/h10-11,14,20H,2-9H2,1H3,(H,18,21). The maximum atomic E-state index is 12.2. The van der Waals surface area contributed by atoms with Crippen LogP contribution in [-0.4, -0.2) is 42.1 Å². The second-order valence-corrected chi connectivity index (χ2v) is 6.31. The molecule has 1 aromatic carbocycles. The Morgan fingerprint density at radius 3 is 2.62 bits per heavy atom. The van der Waals surface area contributed by atoms with Gasteiger partial charge in [0.2, 0.25) is 0 Å². The third-order valence-corrected chi connectivity index (χ3v) is 4.63. The first-order valence-corrected chi connectivity index (χ1v) is 7.98. The number of fused-ring (bicyclic) bond motifs is 1. The van der Waals surface area contributed by atoms with Gasteiger partial charge in [-0.1, -0.05) is 0 Å². The average molecular weight is 288 g/mol. The van der Waals surface area contributed by atoms with E-state index in [4.69, 9.17) is 0 Å². The molecule has 3 rings (SSSR count). The predicted octanol–water partition coefficient (Wildman–Crippen LogP) is 2.09. The first kappa shape index (κ1) is 14.4. The largest absolute Gasteiger partial charge is 0.507 e. The molecule has 1 fully saturated rings. The second kappa shape index (κ2) is 6.06. The number of carbonyl (C=O) groups excluding carboxylic acids is 1. The summed E-state index contributed by atoms with van der Waals surface area (Å²) >= 11 is 0. The summed E-state index contributed by atoms with van der Waals surface area (Å²) < 4.78 is 0. The van der Waals surface area contributed by atoms with Crippen LogP contribution in [-0.2, 0) is 12.8 Å². The molecule has 0 atom stereocenters. The highest BCUT2D eigenvalue weighted by molar-refractivity contribution is 5.97. The molecule has 0 unspecified atom stereocenters. The van der Waals surface area contributed by atoms with Gasteiger partial charge in [0.1, 0.15) is 5.75 Å². The van der Waals surface area contributed by atoms with Crippen LogP contribution in [0.4, 0.5) is 0 Å². The van der Waals surface area contributed by atoms with E-state index in [0.29, 0.717) is 18.2 Å². The van der Waals surface area contributed by atoms with Crippen molar-refractivity contribution < 1.29 is 9.90 Å². The summed E-state index contributed by atoms with van der Waals surface area (Å²) in [5, 5.41) is 13.0. The van der Waals surface area contributed by atoms with Gasteiger partial charge in [0, 0.05) is 19.1 Å². The van der Waals surface area contributed by atoms with E-state index in [2.05, 4.69) is 17.3 Å². The van der Waals surface area contributed by atoms with Crippen LogP contribution in [0.2, 0.25) is 0 Å². The summed E-state index contributed by atoms with van der Waals surface area (Å²) in [4.78, 5) is 14.5. The van der Waals surface area contributed by atoms with Gasteiger partial charge in [-0.05, 0) is 68.8 Å². The highest BCUT2D eigenvalue weighted by Crippen LogP contribution is 2.28. The number of rotatable bonds is 5. The summed E-state index contributed by atoms with van der Waals surface area (Å²) in [6.07, 6.45) is 6.92. The normalized spacial score (nSPS) is 17.6. The average Bonchev–Trinajstić information content (AvgIpc) is 3.31. The molecule has 114 valence electrons. The minimum absolute atomic E-state index is 0.115. The van der Waals surface area contributed by atoms with Gasteiger partial charge in [-0.2, -0.15) is 0 Å². The molecule has 2 aliphatic carbocycles. The van der Waals surface area contributed by atoms with Gasteiger partial charge in [0.25, 0.3) is 5.91 Å². The first-order valence-electron chi connectivity index (χ1n) is 7.98. The van der Waals surface area contributed by atoms with Crippen molar-refractivity contribution in [2.75, 3.05) is 20.1 Å². The Labute approximate surface area is 126 Å². The summed E-state index contributed by atoms with van der Waals surface area (Å²) in [5.74, 6) is -0.0474. The van der Waals surface area contributed by atoms with Crippen LogP contribution >= 0.6 is 0 Å². The van der Waals surface area contributed by atoms with Crippen molar-refractivity contribution in [1.29, 1.82) is 0 Å². The van der Waals surface area contributed by atoms with Gasteiger partial charge < -0.3 is 15.3 Å². The Balaban J connectivity index is 1.61. The Kier molecular flexibility index (Phi) is 4.15. The van der Waals surface area contributed by atoms with E-state index in [9.17, 15) is 9.90 Å². The fourth-order valence-corrected chi connectivity index (χ4v) is 3.09. The maximum Gasteiger partial charge on any atom is 0.255 e. The van der Waals surface area contributed by atoms with E-state index in [0.717, 1.165) is 19.4 Å². The predicted molar refractivity (Wildman–Crippen MR) is 82.7 cm³/mol. The summed E-state index contributed by atoms with van der Waals surface area (Å²) in [5.41, 5.74) is 2.84. The number of nitrogens with zero attached hydrogens (tertiary/aromatic N) is 1. The number of carbonyl (C=O) groups is 1. The van der Waals surface area contributed by atoms with Crippen LogP contribution in [0.5, 0.6) is 5.75 Å². The highest BCUT2D eigenvalue weighted by Gasteiger charge is 2.25. The maximum absolute atomic E-state index is 12.2. The lowest BCUT2D eigenvalue weighted by molar-refractivity contribution is 0.0946. The van der Waals surface area contributed by atoms with Crippen molar-refractivity contribution in [3.8, 4) is 5.75 Å².